The van der Waals surface area contributed by atoms with Crippen molar-refractivity contribution in [1.29, 1.82) is 0 Å². The highest BCUT2D eigenvalue weighted by molar-refractivity contribution is 5.79. The summed E-state index contributed by atoms with van der Waals surface area (Å²) in [5, 5.41) is 0. The average Bonchev–Trinajstić information content (AvgIpc) is 2.86. The van der Waals surface area contributed by atoms with Crippen molar-refractivity contribution in [2.45, 2.75) is 13.3 Å². The van der Waals surface area contributed by atoms with Crippen LogP contribution < -0.4 is 5.73 Å². The maximum absolute atomic E-state index is 12.2. The average molecular weight is 268 g/mol. The van der Waals surface area contributed by atoms with Crippen molar-refractivity contribution in [1.82, 2.24) is 14.7 Å². The van der Waals surface area contributed by atoms with Crippen molar-refractivity contribution in [2.24, 2.45) is 11.7 Å². The van der Waals surface area contributed by atoms with Gasteiger partial charge < -0.3 is 15.5 Å². The van der Waals surface area contributed by atoms with Gasteiger partial charge in [-0.2, -0.15) is 0 Å². The zero-order valence-electron chi connectivity index (χ0n) is 11.7. The van der Waals surface area contributed by atoms with Crippen molar-refractivity contribution in [3.63, 3.8) is 0 Å². The van der Waals surface area contributed by atoms with Gasteiger partial charge >= 0.3 is 0 Å². The van der Waals surface area contributed by atoms with Crippen LogP contribution >= 0.6 is 0 Å². The SMILES string of the molecule is CC(=O)N1CCN(C(=O)CN2CCC(CN)C2)CC1. The molecule has 2 N–H and O–H groups in total. The van der Waals surface area contributed by atoms with Crippen molar-refractivity contribution < 1.29 is 9.59 Å². The van der Waals surface area contributed by atoms with E-state index >= 15 is 0 Å². The number of carbonyl (C=O) groups excluding carboxylic acids is 2. The highest BCUT2D eigenvalue weighted by atomic mass is 16.2. The third-order valence-electron chi connectivity index (χ3n) is 4.14. The number of amides is 2. The van der Waals surface area contributed by atoms with Gasteiger partial charge in [-0.3, -0.25) is 14.5 Å². The number of rotatable bonds is 3. The van der Waals surface area contributed by atoms with Crippen molar-refractivity contribution >= 4 is 11.8 Å². The van der Waals surface area contributed by atoms with E-state index in [1.165, 1.54) is 0 Å². The Morgan fingerprint density at radius 2 is 1.74 bits per heavy atom. The van der Waals surface area contributed by atoms with E-state index in [9.17, 15) is 9.59 Å². The van der Waals surface area contributed by atoms with Crippen molar-refractivity contribution in [3.8, 4) is 0 Å². The molecule has 1 atom stereocenters. The number of hydrogen-bond acceptors (Lipinski definition) is 4. The Hall–Kier alpha value is -1.14. The summed E-state index contributed by atoms with van der Waals surface area (Å²) >= 11 is 0. The smallest absolute Gasteiger partial charge is 0.236 e. The van der Waals surface area contributed by atoms with E-state index in [0.29, 0.717) is 45.2 Å². The number of nitrogens with two attached hydrogens (primary N) is 1. The molecule has 2 fully saturated rings. The first-order valence-electron chi connectivity index (χ1n) is 7.06. The van der Waals surface area contributed by atoms with Gasteiger partial charge in [0.05, 0.1) is 6.54 Å². The van der Waals surface area contributed by atoms with E-state index in [1.807, 2.05) is 4.90 Å². The molecule has 2 aliphatic rings. The Kier molecular flexibility index (Phi) is 4.76. The number of piperazine rings is 1. The molecular formula is C13H24N4O2. The van der Waals surface area contributed by atoms with Gasteiger partial charge in [-0.1, -0.05) is 0 Å². The lowest BCUT2D eigenvalue weighted by atomic mass is 10.1. The Bertz CT molecular complexity index is 340. The largest absolute Gasteiger partial charge is 0.339 e. The van der Waals surface area contributed by atoms with Crippen LogP contribution in [0.1, 0.15) is 13.3 Å². The van der Waals surface area contributed by atoms with Crippen LogP contribution in [0.25, 0.3) is 0 Å². The molecule has 0 bridgehead atoms. The molecule has 1 unspecified atom stereocenters. The van der Waals surface area contributed by atoms with E-state index in [1.54, 1.807) is 11.8 Å². The van der Waals surface area contributed by atoms with Gasteiger partial charge in [-0.25, -0.2) is 0 Å². The van der Waals surface area contributed by atoms with Gasteiger partial charge in [0.2, 0.25) is 11.8 Å². The van der Waals surface area contributed by atoms with Gasteiger partial charge in [0.1, 0.15) is 0 Å². The lowest BCUT2D eigenvalue weighted by molar-refractivity contribution is -0.139. The maximum Gasteiger partial charge on any atom is 0.236 e. The first-order chi connectivity index (χ1) is 9.10. The summed E-state index contributed by atoms with van der Waals surface area (Å²) in [6, 6.07) is 0. The van der Waals surface area contributed by atoms with Gasteiger partial charge in [-0.05, 0) is 25.4 Å². The molecule has 6 heteroatoms. The lowest BCUT2D eigenvalue weighted by Gasteiger charge is -2.35. The Labute approximate surface area is 114 Å². The predicted octanol–water partition coefficient (Wildman–Crippen LogP) is -1.04. The molecule has 0 aromatic heterocycles. The van der Waals surface area contributed by atoms with Crippen LogP contribution in [-0.4, -0.2) is 78.9 Å². The molecule has 2 saturated heterocycles. The summed E-state index contributed by atoms with van der Waals surface area (Å²) in [4.78, 5) is 29.3. The Balaban J connectivity index is 1.74. The number of nitrogens with zero attached hydrogens (tertiary/aromatic N) is 3. The second kappa shape index (κ2) is 6.34. The third kappa shape index (κ3) is 3.67. The van der Waals surface area contributed by atoms with Crippen molar-refractivity contribution in [2.75, 3.05) is 52.4 Å². The quantitative estimate of drug-likeness (QED) is 0.710. The molecule has 0 radical (unpaired) electrons. The molecule has 0 spiro atoms. The first-order valence-corrected chi connectivity index (χ1v) is 7.06. The molecule has 0 aliphatic carbocycles. The molecule has 19 heavy (non-hydrogen) atoms. The van der Waals surface area contributed by atoms with E-state index in [2.05, 4.69) is 4.90 Å². The maximum atomic E-state index is 12.2. The van der Waals surface area contributed by atoms with Gasteiger partial charge in [-0.15, -0.1) is 0 Å². The zero-order chi connectivity index (χ0) is 13.8. The molecule has 2 aliphatic heterocycles. The fraction of sp³-hybridized carbons (Fsp3) is 0.846. The first kappa shape index (κ1) is 14.3. The molecule has 2 amide bonds. The van der Waals surface area contributed by atoms with Gasteiger partial charge in [0.25, 0.3) is 0 Å². The Morgan fingerprint density at radius 3 is 2.26 bits per heavy atom. The second-order valence-corrected chi connectivity index (χ2v) is 5.51. The summed E-state index contributed by atoms with van der Waals surface area (Å²) < 4.78 is 0. The van der Waals surface area contributed by atoms with Crippen LogP contribution in [0.5, 0.6) is 0 Å². The molecule has 2 heterocycles. The second-order valence-electron chi connectivity index (χ2n) is 5.51. The topological polar surface area (TPSA) is 69.9 Å². The molecular weight excluding hydrogens is 244 g/mol. The summed E-state index contributed by atoms with van der Waals surface area (Å²) in [7, 11) is 0. The van der Waals surface area contributed by atoms with E-state index in [0.717, 1.165) is 19.5 Å². The van der Waals surface area contributed by atoms with E-state index in [-0.39, 0.29) is 11.8 Å². The number of likely N-dealkylation sites (tertiary alicyclic amines) is 1. The minimum Gasteiger partial charge on any atom is -0.339 e. The molecule has 6 nitrogen and oxygen atoms in total. The molecule has 0 aromatic carbocycles. The Morgan fingerprint density at radius 1 is 1.11 bits per heavy atom. The van der Waals surface area contributed by atoms with Crippen LogP contribution in [0.4, 0.5) is 0 Å². The minimum absolute atomic E-state index is 0.0948. The minimum atomic E-state index is 0.0948. The fourth-order valence-electron chi connectivity index (χ4n) is 2.81. The normalized spacial score (nSPS) is 24.8. The summed E-state index contributed by atoms with van der Waals surface area (Å²) in [6.07, 6.45) is 1.10. The van der Waals surface area contributed by atoms with E-state index in [4.69, 9.17) is 5.73 Å². The predicted molar refractivity (Wildman–Crippen MR) is 72.4 cm³/mol. The van der Waals surface area contributed by atoms with E-state index < -0.39 is 0 Å². The highest BCUT2D eigenvalue weighted by Gasteiger charge is 2.27. The van der Waals surface area contributed by atoms with Crippen LogP contribution in [0.15, 0.2) is 0 Å². The lowest BCUT2D eigenvalue weighted by Crippen LogP contribution is -2.52. The van der Waals surface area contributed by atoms with Gasteiger partial charge in [0, 0.05) is 39.6 Å². The molecule has 0 aromatic rings. The third-order valence-corrected chi connectivity index (χ3v) is 4.14. The highest BCUT2D eigenvalue weighted by Crippen LogP contribution is 2.14. The molecule has 108 valence electrons. The summed E-state index contributed by atoms with van der Waals surface area (Å²) in [6.45, 7) is 7.34. The van der Waals surface area contributed by atoms with Gasteiger partial charge in [0.15, 0.2) is 0 Å². The number of carbonyl (C=O) groups is 2. The molecule has 0 saturated carbocycles. The fourth-order valence-corrected chi connectivity index (χ4v) is 2.81. The van der Waals surface area contributed by atoms with Crippen molar-refractivity contribution in [3.05, 3.63) is 0 Å². The van der Waals surface area contributed by atoms with Crippen LogP contribution in [0.2, 0.25) is 0 Å². The van der Waals surface area contributed by atoms with Crippen LogP contribution in [0, 0.1) is 5.92 Å². The summed E-state index contributed by atoms with van der Waals surface area (Å²) in [5.41, 5.74) is 5.65. The monoisotopic (exact) mass is 268 g/mol. The molecule has 2 rings (SSSR count). The van der Waals surface area contributed by atoms with Crippen LogP contribution in [-0.2, 0) is 9.59 Å². The summed E-state index contributed by atoms with van der Waals surface area (Å²) in [5.74, 6) is 0.820. The standard InChI is InChI=1S/C13H24N4O2/c1-11(18)16-4-6-17(7-5-16)13(19)10-15-3-2-12(8-14)9-15/h12H,2-10,14H2,1H3. The zero-order valence-corrected chi connectivity index (χ0v) is 11.7. The van der Waals surface area contributed by atoms with Crippen LogP contribution in [0.3, 0.4) is 0 Å². The number of hydrogen-bond donors (Lipinski definition) is 1.